The first-order valence-electron chi connectivity index (χ1n) is 6.26. The molecule has 0 spiro atoms. The molecule has 0 bridgehead atoms. The molecule has 2 rings (SSSR count). The van der Waals surface area contributed by atoms with Crippen LogP contribution in [-0.4, -0.2) is 10.2 Å². The second-order valence-corrected chi connectivity index (χ2v) is 6.17. The second kappa shape index (κ2) is 5.82. The van der Waals surface area contributed by atoms with Gasteiger partial charge in [-0.3, -0.25) is 0 Å². The van der Waals surface area contributed by atoms with Crippen LogP contribution < -0.4 is 0 Å². The summed E-state index contributed by atoms with van der Waals surface area (Å²) in [5.74, 6) is 0.983. The van der Waals surface area contributed by atoms with E-state index >= 15 is 0 Å². The molecule has 19 heavy (non-hydrogen) atoms. The van der Waals surface area contributed by atoms with Gasteiger partial charge in [-0.25, -0.2) is 0 Å². The number of benzene rings is 2. The van der Waals surface area contributed by atoms with Crippen molar-refractivity contribution in [3.05, 3.63) is 56.7 Å². The first kappa shape index (κ1) is 14.2. The van der Waals surface area contributed by atoms with Gasteiger partial charge in [0.1, 0.15) is 11.5 Å². The Kier molecular flexibility index (Phi) is 4.34. The van der Waals surface area contributed by atoms with Gasteiger partial charge in [0, 0.05) is 0 Å². The van der Waals surface area contributed by atoms with Crippen LogP contribution in [0.2, 0.25) is 0 Å². The maximum Gasteiger partial charge on any atom is 0.128 e. The molecule has 0 heterocycles. The summed E-state index contributed by atoms with van der Waals surface area (Å²) in [7, 11) is 0. The fourth-order valence-electron chi connectivity index (χ4n) is 2.07. The van der Waals surface area contributed by atoms with Crippen LogP contribution in [0.5, 0.6) is 11.5 Å². The molecule has 0 radical (unpaired) electrons. The zero-order valence-corrected chi connectivity index (χ0v) is 13.2. The minimum atomic E-state index is 0.305. The Morgan fingerprint density at radius 3 is 2.11 bits per heavy atom. The second-order valence-electron chi connectivity index (χ2n) is 5.01. The van der Waals surface area contributed by atoms with E-state index in [2.05, 4.69) is 42.5 Å². The maximum absolute atomic E-state index is 9.82. The van der Waals surface area contributed by atoms with Crippen molar-refractivity contribution >= 4 is 22.6 Å². The van der Waals surface area contributed by atoms with Gasteiger partial charge in [-0.2, -0.15) is 0 Å². The third kappa shape index (κ3) is 3.41. The molecule has 2 aromatic rings. The molecule has 0 saturated carbocycles. The average molecular weight is 368 g/mol. The summed E-state index contributed by atoms with van der Waals surface area (Å²) in [6.45, 7) is 4.14. The molecular formula is C16H17IO2. The van der Waals surface area contributed by atoms with Crippen molar-refractivity contribution in [3.8, 4) is 11.5 Å². The summed E-state index contributed by atoms with van der Waals surface area (Å²) in [5.41, 5.74) is 3.30. The Morgan fingerprint density at radius 1 is 0.947 bits per heavy atom. The van der Waals surface area contributed by atoms with Crippen molar-refractivity contribution in [2.45, 2.75) is 26.2 Å². The zero-order chi connectivity index (χ0) is 14.0. The van der Waals surface area contributed by atoms with Crippen LogP contribution in [-0.2, 0) is 6.42 Å². The Hall–Kier alpha value is -1.23. The van der Waals surface area contributed by atoms with Gasteiger partial charge >= 0.3 is 0 Å². The standard InChI is InChI=1S/C16H17IO2/c1-10(2)13-8-11(3-5-15(13)18)7-12-4-6-16(19)14(17)9-12/h3-6,8-10,18-19H,7H2,1-2H3. The number of halogens is 1. The van der Waals surface area contributed by atoms with E-state index in [9.17, 15) is 10.2 Å². The van der Waals surface area contributed by atoms with Crippen molar-refractivity contribution in [2.24, 2.45) is 0 Å². The predicted octanol–water partition coefficient (Wildman–Crippen LogP) is 4.42. The van der Waals surface area contributed by atoms with Crippen LogP contribution in [0.4, 0.5) is 0 Å². The summed E-state index contributed by atoms with van der Waals surface area (Å²) in [6, 6.07) is 11.4. The summed E-state index contributed by atoms with van der Waals surface area (Å²) in [5, 5.41) is 19.3. The monoisotopic (exact) mass is 368 g/mol. The lowest BCUT2D eigenvalue weighted by Crippen LogP contribution is -1.94. The number of rotatable bonds is 3. The van der Waals surface area contributed by atoms with E-state index in [0.29, 0.717) is 17.4 Å². The van der Waals surface area contributed by atoms with Crippen molar-refractivity contribution in [1.82, 2.24) is 0 Å². The molecular weight excluding hydrogens is 351 g/mol. The third-order valence-electron chi connectivity index (χ3n) is 3.13. The van der Waals surface area contributed by atoms with Gasteiger partial charge in [0.25, 0.3) is 0 Å². The molecule has 0 atom stereocenters. The van der Waals surface area contributed by atoms with Gasteiger partial charge in [-0.1, -0.05) is 32.0 Å². The van der Waals surface area contributed by atoms with Crippen LogP contribution in [0.25, 0.3) is 0 Å². The number of phenolic OH excluding ortho intramolecular Hbond substituents is 2. The topological polar surface area (TPSA) is 40.5 Å². The van der Waals surface area contributed by atoms with Crippen molar-refractivity contribution in [3.63, 3.8) is 0 Å². The summed E-state index contributed by atoms with van der Waals surface area (Å²) >= 11 is 2.13. The summed E-state index contributed by atoms with van der Waals surface area (Å²) < 4.78 is 0.859. The van der Waals surface area contributed by atoms with Crippen LogP contribution in [0.1, 0.15) is 36.5 Å². The third-order valence-corrected chi connectivity index (χ3v) is 4.00. The van der Waals surface area contributed by atoms with Crippen molar-refractivity contribution in [2.75, 3.05) is 0 Å². The van der Waals surface area contributed by atoms with E-state index in [4.69, 9.17) is 0 Å². The van der Waals surface area contributed by atoms with Gasteiger partial charge in [0.2, 0.25) is 0 Å². The molecule has 3 heteroatoms. The predicted molar refractivity (Wildman–Crippen MR) is 85.8 cm³/mol. The molecule has 0 aliphatic rings. The van der Waals surface area contributed by atoms with E-state index < -0.39 is 0 Å². The quantitative estimate of drug-likeness (QED) is 0.788. The van der Waals surface area contributed by atoms with Gasteiger partial charge in [-0.15, -0.1) is 0 Å². The Labute approximate surface area is 127 Å². The van der Waals surface area contributed by atoms with E-state index in [0.717, 1.165) is 21.1 Å². The SMILES string of the molecule is CC(C)c1cc(Cc2ccc(O)c(I)c2)ccc1O. The molecule has 2 aromatic carbocycles. The Bertz CT molecular complexity index is 591. The van der Waals surface area contributed by atoms with Crippen LogP contribution in [0, 0.1) is 3.57 Å². The Balaban J connectivity index is 2.28. The van der Waals surface area contributed by atoms with Crippen molar-refractivity contribution < 1.29 is 10.2 Å². The molecule has 0 fully saturated rings. The Morgan fingerprint density at radius 2 is 1.53 bits per heavy atom. The first-order valence-corrected chi connectivity index (χ1v) is 7.34. The van der Waals surface area contributed by atoms with E-state index in [1.165, 1.54) is 5.56 Å². The number of phenols is 2. The smallest absolute Gasteiger partial charge is 0.128 e. The highest BCUT2D eigenvalue weighted by atomic mass is 127. The van der Waals surface area contributed by atoms with Gasteiger partial charge in [0.05, 0.1) is 3.57 Å². The van der Waals surface area contributed by atoms with E-state index in [1.807, 2.05) is 18.2 Å². The lowest BCUT2D eigenvalue weighted by atomic mass is 9.96. The molecule has 0 aliphatic carbocycles. The van der Waals surface area contributed by atoms with Gasteiger partial charge in [0.15, 0.2) is 0 Å². The van der Waals surface area contributed by atoms with E-state index in [1.54, 1.807) is 12.1 Å². The fraction of sp³-hybridized carbons (Fsp3) is 0.250. The molecule has 0 amide bonds. The minimum absolute atomic E-state index is 0.305. The average Bonchev–Trinajstić information content (AvgIpc) is 2.36. The number of hydrogen-bond donors (Lipinski definition) is 2. The maximum atomic E-state index is 9.82. The first-order chi connectivity index (χ1) is 8.97. The minimum Gasteiger partial charge on any atom is -0.508 e. The number of aromatic hydroxyl groups is 2. The molecule has 0 saturated heterocycles. The zero-order valence-electron chi connectivity index (χ0n) is 11.0. The molecule has 0 aliphatic heterocycles. The van der Waals surface area contributed by atoms with Crippen molar-refractivity contribution in [1.29, 1.82) is 0 Å². The highest BCUT2D eigenvalue weighted by Gasteiger charge is 2.08. The van der Waals surface area contributed by atoms with Gasteiger partial charge in [-0.05, 0) is 69.8 Å². The summed E-state index contributed by atoms with van der Waals surface area (Å²) in [6.07, 6.45) is 0.802. The molecule has 100 valence electrons. The highest BCUT2D eigenvalue weighted by Crippen LogP contribution is 2.28. The van der Waals surface area contributed by atoms with Crippen LogP contribution in [0.15, 0.2) is 36.4 Å². The summed E-state index contributed by atoms with van der Waals surface area (Å²) in [4.78, 5) is 0. The molecule has 2 nitrogen and oxygen atoms in total. The number of hydrogen-bond acceptors (Lipinski definition) is 2. The van der Waals surface area contributed by atoms with Crippen LogP contribution in [0.3, 0.4) is 0 Å². The van der Waals surface area contributed by atoms with Crippen LogP contribution >= 0.6 is 22.6 Å². The highest BCUT2D eigenvalue weighted by molar-refractivity contribution is 14.1. The lowest BCUT2D eigenvalue weighted by molar-refractivity contribution is 0.464. The lowest BCUT2D eigenvalue weighted by Gasteiger charge is -2.11. The molecule has 0 aromatic heterocycles. The fourth-order valence-corrected chi connectivity index (χ4v) is 2.65. The van der Waals surface area contributed by atoms with E-state index in [-0.39, 0.29) is 0 Å². The molecule has 0 unspecified atom stereocenters. The molecule has 2 N–H and O–H groups in total. The largest absolute Gasteiger partial charge is 0.508 e. The van der Waals surface area contributed by atoms with Gasteiger partial charge < -0.3 is 10.2 Å². The normalized spacial score (nSPS) is 10.9.